The minimum atomic E-state index is -2.74. The molecule has 2 aromatic rings. The van der Waals surface area contributed by atoms with Gasteiger partial charge in [-0.1, -0.05) is 42.5 Å². The van der Waals surface area contributed by atoms with Crippen LogP contribution in [0.5, 0.6) is 0 Å². The Balaban J connectivity index is 0.000000296. The van der Waals surface area contributed by atoms with E-state index in [0.29, 0.717) is 18.3 Å². The minimum absolute atomic E-state index is 0.0249. The van der Waals surface area contributed by atoms with Gasteiger partial charge in [0, 0.05) is 37.7 Å². The summed E-state index contributed by atoms with van der Waals surface area (Å²) in [5.74, 6) is -4.98. The normalized spacial score (nSPS) is 21.1. The highest BCUT2D eigenvalue weighted by Crippen LogP contribution is 2.46. The molecular formula is C35H44N4O9. The van der Waals surface area contributed by atoms with Gasteiger partial charge in [0.1, 0.15) is 6.04 Å². The Bertz CT molecular complexity index is 1520. The predicted molar refractivity (Wildman–Crippen MR) is 175 cm³/mol. The largest absolute Gasteiger partial charge is 0.481 e. The van der Waals surface area contributed by atoms with E-state index in [4.69, 9.17) is 20.4 Å². The molecule has 0 bridgehead atoms. The number of aliphatic carboxylic acids is 3. The highest BCUT2D eigenvalue weighted by molar-refractivity contribution is 6.03. The highest BCUT2D eigenvalue weighted by atomic mass is 16.4. The van der Waals surface area contributed by atoms with E-state index in [-0.39, 0.29) is 17.9 Å². The molecule has 2 aromatic carbocycles. The van der Waals surface area contributed by atoms with Gasteiger partial charge in [-0.3, -0.25) is 24.1 Å². The van der Waals surface area contributed by atoms with Crippen LogP contribution < -0.4 is 15.5 Å². The van der Waals surface area contributed by atoms with E-state index < -0.39 is 42.4 Å². The number of carboxylic acids is 3. The second-order valence-corrected chi connectivity index (χ2v) is 13.3. The number of piperidine rings is 1. The number of likely N-dealkylation sites (tertiary alicyclic amines) is 1. The van der Waals surface area contributed by atoms with Gasteiger partial charge in [-0.15, -0.1) is 0 Å². The van der Waals surface area contributed by atoms with Crippen LogP contribution in [-0.2, 0) is 42.2 Å². The summed E-state index contributed by atoms with van der Waals surface area (Å²) < 4.78 is 0. The van der Waals surface area contributed by atoms with Crippen molar-refractivity contribution in [2.24, 2.45) is 0 Å². The minimum Gasteiger partial charge on any atom is -0.481 e. The van der Waals surface area contributed by atoms with Crippen molar-refractivity contribution >= 4 is 35.4 Å². The summed E-state index contributed by atoms with van der Waals surface area (Å²) in [6.07, 6.45) is 4.51. The number of hydrogen-bond acceptors (Lipinski definition) is 8. The fourth-order valence-corrected chi connectivity index (χ4v) is 7.56. The topological polar surface area (TPSA) is 197 Å². The number of nitrogens with one attached hydrogen (secondary N) is 2. The fourth-order valence-electron chi connectivity index (χ4n) is 7.56. The number of carboxylic acid groups (broad SMARTS) is 3. The number of anilines is 1. The van der Waals surface area contributed by atoms with Gasteiger partial charge < -0.3 is 36.0 Å². The summed E-state index contributed by atoms with van der Waals surface area (Å²) in [4.78, 5) is 61.4. The number of amides is 2. The van der Waals surface area contributed by atoms with Crippen molar-refractivity contribution in [2.45, 2.75) is 80.9 Å². The summed E-state index contributed by atoms with van der Waals surface area (Å²) in [5, 5.41) is 40.3. The first-order chi connectivity index (χ1) is 22.9. The van der Waals surface area contributed by atoms with Gasteiger partial charge in [-0.2, -0.15) is 0 Å². The highest BCUT2D eigenvalue weighted by Gasteiger charge is 2.43. The molecule has 0 saturated carbocycles. The molecule has 2 amide bonds. The van der Waals surface area contributed by atoms with Gasteiger partial charge >= 0.3 is 17.9 Å². The van der Waals surface area contributed by atoms with Gasteiger partial charge in [0.2, 0.25) is 11.8 Å². The van der Waals surface area contributed by atoms with Crippen LogP contribution in [0.2, 0.25) is 0 Å². The van der Waals surface area contributed by atoms with Gasteiger partial charge in [0.15, 0.2) is 5.60 Å². The van der Waals surface area contributed by atoms with Crippen LogP contribution >= 0.6 is 0 Å². The number of hydrogen-bond donors (Lipinski definition) is 6. The average Bonchev–Trinajstić information content (AvgIpc) is 3.79. The van der Waals surface area contributed by atoms with Crippen molar-refractivity contribution in [3.05, 3.63) is 65.2 Å². The van der Waals surface area contributed by atoms with Gasteiger partial charge in [-0.05, 0) is 79.9 Å². The first-order valence-electron chi connectivity index (χ1n) is 16.5. The number of benzene rings is 2. The maximum atomic E-state index is 13.5. The van der Waals surface area contributed by atoms with Gasteiger partial charge in [-0.25, -0.2) is 4.79 Å². The molecule has 0 radical (unpaired) electrons. The third-order valence-corrected chi connectivity index (χ3v) is 10.2. The van der Waals surface area contributed by atoms with E-state index in [0.717, 1.165) is 50.4 Å². The number of fused-ring (bicyclic) bond motifs is 3. The monoisotopic (exact) mass is 664 g/mol. The molecule has 13 nitrogen and oxygen atoms in total. The van der Waals surface area contributed by atoms with Crippen molar-refractivity contribution in [2.75, 3.05) is 37.6 Å². The summed E-state index contributed by atoms with van der Waals surface area (Å²) in [7, 11) is 0. The third kappa shape index (κ3) is 7.86. The zero-order valence-electron chi connectivity index (χ0n) is 26.9. The van der Waals surface area contributed by atoms with E-state index in [1.54, 1.807) is 10.5 Å². The number of aryl methyl sites for hydroxylation is 1. The lowest BCUT2D eigenvalue weighted by molar-refractivity contribution is -0.170. The number of carbonyl (C=O) groups excluding carboxylic acids is 2. The first kappa shape index (κ1) is 35.0. The van der Waals surface area contributed by atoms with Crippen LogP contribution in [0.4, 0.5) is 5.69 Å². The molecule has 3 aliphatic heterocycles. The van der Waals surface area contributed by atoms with Crippen molar-refractivity contribution in [1.82, 2.24) is 15.5 Å². The number of nitrogens with zero attached hydrogens (tertiary/aromatic N) is 2. The Morgan fingerprint density at radius 1 is 0.896 bits per heavy atom. The molecule has 2 fully saturated rings. The average molecular weight is 665 g/mol. The lowest BCUT2D eigenvalue weighted by Gasteiger charge is -2.40. The van der Waals surface area contributed by atoms with E-state index in [1.807, 2.05) is 24.3 Å². The molecule has 258 valence electrons. The molecule has 6 N–H and O–H groups in total. The van der Waals surface area contributed by atoms with Gasteiger partial charge in [0.25, 0.3) is 0 Å². The quantitative estimate of drug-likeness (QED) is 0.216. The molecule has 1 spiro atoms. The standard InChI is InChI=1S/C29H36N4O2.C6H8O7/c34-27(11-16-32-17-13-29(14-18-32)12-9-21-5-1-3-7-24(21)29)33-25-8-4-2-6-22(25)19-26(33)28(35)31-23-10-15-30-20-23;7-3(8)1-6(13,5(11)12)2-4(9)10/h1-8,23,26,30H,9-20H2,(H,31,35);13H,1-2H2,(H,7,8)(H,9,10)(H,11,12)/t23-,26+;/m1./s1. The number of rotatable bonds is 10. The Hall–Kier alpha value is -4.33. The van der Waals surface area contributed by atoms with Crippen LogP contribution in [0.15, 0.2) is 48.5 Å². The zero-order valence-corrected chi connectivity index (χ0v) is 26.9. The van der Waals surface area contributed by atoms with Crippen LogP contribution in [0.3, 0.4) is 0 Å². The third-order valence-electron chi connectivity index (χ3n) is 10.2. The van der Waals surface area contributed by atoms with Crippen molar-refractivity contribution in [3.63, 3.8) is 0 Å². The Morgan fingerprint density at radius 3 is 2.17 bits per heavy atom. The molecule has 4 aliphatic rings. The SMILES string of the molecule is O=C(N[C@@H]1CCNC1)[C@@H]1Cc2ccccc2N1C(=O)CCN1CCC2(CCc3ccccc32)CC1.O=C(O)CC(O)(CC(=O)O)C(=O)O. The number of para-hydroxylation sites is 1. The lowest BCUT2D eigenvalue weighted by Crippen LogP contribution is -2.51. The van der Waals surface area contributed by atoms with E-state index in [9.17, 15) is 24.0 Å². The molecule has 2 atom stereocenters. The second-order valence-electron chi connectivity index (χ2n) is 13.3. The Kier molecular flexibility index (Phi) is 10.8. The fraction of sp³-hybridized carbons (Fsp3) is 0.514. The summed E-state index contributed by atoms with van der Waals surface area (Å²) in [5.41, 5.74) is 2.69. The zero-order chi connectivity index (χ0) is 34.5. The summed E-state index contributed by atoms with van der Waals surface area (Å²) in [6.45, 7) is 4.57. The Morgan fingerprint density at radius 2 is 1.54 bits per heavy atom. The van der Waals surface area contributed by atoms with Crippen LogP contribution in [-0.4, -0.2) is 105 Å². The molecule has 6 rings (SSSR count). The molecule has 2 saturated heterocycles. The molecule has 1 aliphatic carbocycles. The van der Waals surface area contributed by atoms with Crippen molar-refractivity contribution in [1.29, 1.82) is 0 Å². The van der Waals surface area contributed by atoms with Crippen molar-refractivity contribution in [3.8, 4) is 0 Å². The van der Waals surface area contributed by atoms with Crippen LogP contribution in [0.25, 0.3) is 0 Å². The number of carbonyl (C=O) groups is 5. The maximum Gasteiger partial charge on any atom is 0.336 e. The molecule has 0 unspecified atom stereocenters. The van der Waals surface area contributed by atoms with E-state index in [1.165, 1.54) is 31.2 Å². The molecule has 0 aromatic heterocycles. The number of aliphatic hydroxyl groups is 1. The van der Waals surface area contributed by atoms with E-state index >= 15 is 0 Å². The van der Waals surface area contributed by atoms with Gasteiger partial charge in [0.05, 0.1) is 12.8 Å². The molecule has 3 heterocycles. The van der Waals surface area contributed by atoms with E-state index in [2.05, 4.69) is 39.8 Å². The second kappa shape index (κ2) is 14.8. The summed E-state index contributed by atoms with van der Waals surface area (Å²) >= 11 is 0. The van der Waals surface area contributed by atoms with Crippen molar-refractivity contribution < 1.29 is 44.4 Å². The molecule has 48 heavy (non-hydrogen) atoms. The first-order valence-corrected chi connectivity index (χ1v) is 16.5. The molecule has 13 heteroatoms. The smallest absolute Gasteiger partial charge is 0.336 e. The molecular weight excluding hydrogens is 620 g/mol. The Labute approximate surface area is 278 Å². The van der Waals surface area contributed by atoms with Crippen LogP contribution in [0, 0.1) is 0 Å². The predicted octanol–water partition coefficient (Wildman–Crippen LogP) is 1.54. The lowest BCUT2D eigenvalue weighted by atomic mass is 9.74. The van der Waals surface area contributed by atoms with Crippen LogP contribution in [0.1, 0.15) is 61.6 Å². The maximum absolute atomic E-state index is 13.5. The summed E-state index contributed by atoms with van der Waals surface area (Å²) in [6, 6.07) is 16.7.